The molecule has 0 aliphatic carbocycles. The Bertz CT molecular complexity index is 702. The minimum atomic E-state index is -3.67. The van der Waals surface area contributed by atoms with E-state index in [9.17, 15) is 8.42 Å². The van der Waals surface area contributed by atoms with Crippen LogP contribution >= 0.6 is 31.9 Å². The number of benzene rings is 1. The van der Waals surface area contributed by atoms with Gasteiger partial charge in [-0.25, -0.2) is 13.4 Å². The van der Waals surface area contributed by atoms with Gasteiger partial charge in [0.2, 0.25) is 0 Å². The topological polar surface area (TPSA) is 85.1 Å². The van der Waals surface area contributed by atoms with Gasteiger partial charge in [-0.05, 0) is 62.2 Å². The summed E-state index contributed by atoms with van der Waals surface area (Å²) < 4.78 is 28.0. The summed E-state index contributed by atoms with van der Waals surface area (Å²) in [5.74, 6) is 0. The molecule has 19 heavy (non-hydrogen) atoms. The van der Waals surface area contributed by atoms with E-state index in [0.29, 0.717) is 20.5 Å². The molecule has 8 heteroatoms. The second-order valence-corrected chi connectivity index (χ2v) is 7.01. The Morgan fingerprint density at radius 2 is 1.89 bits per heavy atom. The number of sulfonamides is 1. The molecule has 0 saturated heterocycles. The monoisotopic (exact) mass is 405 g/mol. The van der Waals surface area contributed by atoms with Gasteiger partial charge in [0.15, 0.2) is 0 Å². The van der Waals surface area contributed by atoms with Crippen LogP contribution in [0.3, 0.4) is 0 Å². The van der Waals surface area contributed by atoms with E-state index < -0.39 is 10.0 Å². The number of nitrogens with one attached hydrogen (secondary N) is 1. The van der Waals surface area contributed by atoms with Crippen LogP contribution in [-0.4, -0.2) is 13.4 Å². The van der Waals surface area contributed by atoms with Crippen molar-refractivity contribution in [1.29, 1.82) is 0 Å². The first-order valence-electron chi connectivity index (χ1n) is 5.08. The number of hydrogen-bond acceptors (Lipinski definition) is 4. The Morgan fingerprint density at radius 1 is 1.16 bits per heavy atom. The fraction of sp³-hybridized carbons (Fsp3) is 0. The van der Waals surface area contributed by atoms with Crippen LogP contribution < -0.4 is 10.5 Å². The standard InChI is InChI=1S/C11H9Br2N3O2S/c12-9-3-2-8(5-10(9)14)19(17,18)16-7-1-4-11(13)15-6-7/h1-6,16H,14H2. The molecule has 0 unspecified atom stereocenters. The molecule has 0 saturated carbocycles. The number of halogens is 2. The van der Waals surface area contributed by atoms with Crippen LogP contribution in [0.15, 0.2) is 50.5 Å². The third kappa shape index (κ3) is 3.46. The third-order valence-corrected chi connectivity index (χ3v) is 4.83. The van der Waals surface area contributed by atoms with E-state index in [1.165, 1.54) is 18.3 Å². The van der Waals surface area contributed by atoms with Crippen molar-refractivity contribution in [3.05, 3.63) is 45.6 Å². The van der Waals surface area contributed by atoms with Crippen LogP contribution in [0.5, 0.6) is 0 Å². The zero-order chi connectivity index (χ0) is 14.0. The van der Waals surface area contributed by atoms with Crippen LogP contribution in [-0.2, 0) is 10.0 Å². The molecule has 5 nitrogen and oxygen atoms in total. The fourth-order valence-electron chi connectivity index (χ4n) is 1.34. The van der Waals surface area contributed by atoms with Crippen LogP contribution in [0.1, 0.15) is 0 Å². The second-order valence-electron chi connectivity index (χ2n) is 3.66. The maximum absolute atomic E-state index is 12.1. The minimum absolute atomic E-state index is 0.0936. The first kappa shape index (κ1) is 14.3. The van der Waals surface area contributed by atoms with Gasteiger partial charge in [0.1, 0.15) is 4.60 Å². The number of rotatable bonds is 3. The average molecular weight is 407 g/mol. The number of nitrogen functional groups attached to an aromatic ring is 1. The summed E-state index contributed by atoms with van der Waals surface area (Å²) in [6.07, 6.45) is 1.42. The summed E-state index contributed by atoms with van der Waals surface area (Å²) in [4.78, 5) is 4.04. The minimum Gasteiger partial charge on any atom is -0.398 e. The van der Waals surface area contributed by atoms with E-state index in [1.807, 2.05) is 0 Å². The Morgan fingerprint density at radius 3 is 2.47 bits per heavy atom. The molecule has 0 fully saturated rings. The molecule has 100 valence electrons. The Labute approximate surface area is 127 Å². The van der Waals surface area contributed by atoms with Crippen molar-refractivity contribution in [2.24, 2.45) is 0 Å². The van der Waals surface area contributed by atoms with Gasteiger partial charge in [0, 0.05) is 10.2 Å². The van der Waals surface area contributed by atoms with Gasteiger partial charge in [0.05, 0.1) is 16.8 Å². The van der Waals surface area contributed by atoms with Gasteiger partial charge in [-0.15, -0.1) is 0 Å². The highest BCUT2D eigenvalue weighted by atomic mass is 79.9. The van der Waals surface area contributed by atoms with Gasteiger partial charge in [-0.1, -0.05) is 0 Å². The molecule has 1 aromatic carbocycles. The lowest BCUT2D eigenvalue weighted by Gasteiger charge is -2.09. The predicted molar refractivity (Wildman–Crippen MR) is 81.3 cm³/mol. The van der Waals surface area contributed by atoms with E-state index >= 15 is 0 Å². The number of pyridine rings is 1. The molecule has 2 aromatic rings. The maximum Gasteiger partial charge on any atom is 0.262 e. The third-order valence-electron chi connectivity index (χ3n) is 2.26. The van der Waals surface area contributed by atoms with Crippen molar-refractivity contribution in [1.82, 2.24) is 4.98 Å². The average Bonchev–Trinajstić information content (AvgIpc) is 2.35. The zero-order valence-electron chi connectivity index (χ0n) is 9.47. The van der Waals surface area contributed by atoms with Crippen molar-refractivity contribution < 1.29 is 8.42 Å². The van der Waals surface area contributed by atoms with Gasteiger partial charge in [-0.2, -0.15) is 0 Å². The zero-order valence-corrected chi connectivity index (χ0v) is 13.5. The lowest BCUT2D eigenvalue weighted by Crippen LogP contribution is -2.13. The largest absolute Gasteiger partial charge is 0.398 e. The summed E-state index contributed by atoms with van der Waals surface area (Å²) in [6, 6.07) is 7.70. The SMILES string of the molecule is Nc1cc(S(=O)(=O)Nc2ccc(Br)nc2)ccc1Br. The Hall–Kier alpha value is -1.12. The summed E-state index contributed by atoms with van der Waals surface area (Å²) >= 11 is 6.39. The van der Waals surface area contributed by atoms with E-state index in [-0.39, 0.29) is 4.90 Å². The van der Waals surface area contributed by atoms with Gasteiger partial charge >= 0.3 is 0 Å². The Balaban J connectivity index is 2.32. The predicted octanol–water partition coefficient (Wildman–Crippen LogP) is 2.99. The van der Waals surface area contributed by atoms with Crippen molar-refractivity contribution in [3.63, 3.8) is 0 Å². The van der Waals surface area contributed by atoms with Crippen molar-refractivity contribution in [3.8, 4) is 0 Å². The molecule has 1 heterocycles. The molecule has 0 radical (unpaired) electrons. The first-order chi connectivity index (χ1) is 8.88. The number of aromatic nitrogens is 1. The quantitative estimate of drug-likeness (QED) is 0.606. The molecule has 0 amide bonds. The number of nitrogens with zero attached hydrogens (tertiary/aromatic N) is 1. The molecule has 3 N–H and O–H groups in total. The number of nitrogens with two attached hydrogens (primary N) is 1. The Kier molecular flexibility index (Phi) is 4.12. The van der Waals surface area contributed by atoms with Crippen LogP contribution in [0.4, 0.5) is 11.4 Å². The molecular weight excluding hydrogens is 398 g/mol. The normalized spacial score (nSPS) is 11.3. The van der Waals surface area contributed by atoms with Gasteiger partial charge in [0.25, 0.3) is 10.0 Å². The lowest BCUT2D eigenvalue weighted by atomic mass is 10.3. The summed E-state index contributed by atoms with van der Waals surface area (Å²) in [5, 5.41) is 0. The van der Waals surface area contributed by atoms with Gasteiger partial charge in [-0.3, -0.25) is 4.72 Å². The molecule has 0 spiro atoms. The van der Waals surface area contributed by atoms with Crippen molar-refractivity contribution in [2.75, 3.05) is 10.5 Å². The molecule has 0 aliphatic heterocycles. The van der Waals surface area contributed by atoms with Gasteiger partial charge < -0.3 is 5.73 Å². The van der Waals surface area contributed by atoms with Crippen LogP contribution in [0.2, 0.25) is 0 Å². The molecule has 0 aliphatic rings. The molecule has 2 rings (SSSR count). The highest BCUT2D eigenvalue weighted by molar-refractivity contribution is 9.10. The summed E-state index contributed by atoms with van der Waals surface area (Å²) in [5.41, 5.74) is 6.41. The first-order valence-corrected chi connectivity index (χ1v) is 8.15. The second kappa shape index (κ2) is 5.48. The van der Waals surface area contributed by atoms with E-state index in [1.54, 1.807) is 18.2 Å². The smallest absolute Gasteiger partial charge is 0.262 e. The lowest BCUT2D eigenvalue weighted by molar-refractivity contribution is 0.601. The summed E-state index contributed by atoms with van der Waals surface area (Å²) in [7, 11) is -3.67. The van der Waals surface area contributed by atoms with E-state index in [0.717, 1.165) is 0 Å². The molecule has 1 aromatic heterocycles. The molecular formula is C11H9Br2N3O2S. The highest BCUT2D eigenvalue weighted by Crippen LogP contribution is 2.24. The number of hydrogen-bond donors (Lipinski definition) is 2. The maximum atomic E-state index is 12.1. The van der Waals surface area contributed by atoms with Crippen LogP contribution in [0.25, 0.3) is 0 Å². The fourth-order valence-corrected chi connectivity index (χ4v) is 2.90. The molecule has 0 atom stereocenters. The molecule has 0 bridgehead atoms. The highest BCUT2D eigenvalue weighted by Gasteiger charge is 2.15. The van der Waals surface area contributed by atoms with E-state index in [2.05, 4.69) is 41.6 Å². The van der Waals surface area contributed by atoms with Crippen LogP contribution in [0, 0.1) is 0 Å². The van der Waals surface area contributed by atoms with Crippen molar-refractivity contribution >= 4 is 53.3 Å². The van der Waals surface area contributed by atoms with E-state index in [4.69, 9.17) is 5.73 Å². The summed E-state index contributed by atoms with van der Waals surface area (Å²) in [6.45, 7) is 0. The van der Waals surface area contributed by atoms with Crippen molar-refractivity contribution in [2.45, 2.75) is 4.90 Å². The number of anilines is 2.